The van der Waals surface area contributed by atoms with Crippen molar-refractivity contribution in [2.75, 3.05) is 26.2 Å². The number of aliphatic hydroxyl groups excluding tert-OH is 1. The van der Waals surface area contributed by atoms with Crippen LogP contribution in [0.25, 0.3) is 11.4 Å². The minimum absolute atomic E-state index is 0.107. The van der Waals surface area contributed by atoms with Crippen LogP contribution in [-0.2, 0) is 19.7 Å². The second kappa shape index (κ2) is 8.39. The zero-order valence-corrected chi connectivity index (χ0v) is 15.3. The number of hydrogen-bond donors (Lipinski definition) is 2. The maximum atomic E-state index is 9.49. The van der Waals surface area contributed by atoms with Crippen molar-refractivity contribution >= 4 is 0 Å². The van der Waals surface area contributed by atoms with Crippen molar-refractivity contribution in [3.63, 3.8) is 0 Å². The van der Waals surface area contributed by atoms with Crippen LogP contribution in [0.15, 0.2) is 48.5 Å². The Hall–Kier alpha value is -2.61. The molecule has 4 rings (SSSR count). The number of rotatable bonds is 6. The molecule has 1 aromatic heterocycles. The van der Waals surface area contributed by atoms with E-state index in [-0.39, 0.29) is 6.61 Å². The number of nitrogens with one attached hydrogen (secondary N) is 1. The summed E-state index contributed by atoms with van der Waals surface area (Å²) in [5.74, 6) is 0.623. The highest BCUT2D eigenvalue weighted by atomic mass is 16.3. The summed E-state index contributed by atoms with van der Waals surface area (Å²) in [4.78, 5) is 4.95. The SMILES string of the molecule is OCc1ccccc1CN1CCN(Cc2ccc(-c3nn[nH]n3)cc2)CC1. The molecule has 0 bridgehead atoms. The molecule has 0 atom stereocenters. The van der Waals surface area contributed by atoms with Crippen LogP contribution in [0.4, 0.5) is 0 Å². The molecule has 0 aliphatic carbocycles. The van der Waals surface area contributed by atoms with Crippen LogP contribution in [0.2, 0.25) is 0 Å². The van der Waals surface area contributed by atoms with Gasteiger partial charge >= 0.3 is 0 Å². The smallest absolute Gasteiger partial charge is 0.204 e. The summed E-state index contributed by atoms with van der Waals surface area (Å²) in [6.07, 6.45) is 0. The molecule has 1 aliphatic rings. The van der Waals surface area contributed by atoms with Crippen molar-refractivity contribution in [3.8, 4) is 11.4 Å². The molecule has 2 aromatic carbocycles. The van der Waals surface area contributed by atoms with E-state index in [1.807, 2.05) is 30.3 Å². The van der Waals surface area contributed by atoms with E-state index in [1.165, 1.54) is 11.1 Å². The van der Waals surface area contributed by atoms with Crippen molar-refractivity contribution in [1.29, 1.82) is 0 Å². The number of aromatic nitrogens is 4. The molecule has 7 nitrogen and oxygen atoms in total. The fourth-order valence-electron chi connectivity index (χ4n) is 3.51. The van der Waals surface area contributed by atoms with Gasteiger partial charge in [-0.3, -0.25) is 9.80 Å². The Morgan fingerprint density at radius 2 is 1.52 bits per heavy atom. The summed E-state index contributed by atoms with van der Waals surface area (Å²) in [7, 11) is 0. The van der Waals surface area contributed by atoms with Crippen LogP contribution in [0.5, 0.6) is 0 Å². The first kappa shape index (κ1) is 17.8. The summed E-state index contributed by atoms with van der Waals surface area (Å²) in [6.45, 7) is 6.15. The van der Waals surface area contributed by atoms with E-state index in [1.54, 1.807) is 0 Å². The number of benzene rings is 2. The van der Waals surface area contributed by atoms with E-state index in [9.17, 15) is 5.11 Å². The van der Waals surface area contributed by atoms with Gasteiger partial charge in [0.25, 0.3) is 0 Å². The number of aliphatic hydroxyl groups is 1. The molecule has 0 amide bonds. The standard InChI is InChI=1S/C20H24N6O/c27-15-19-4-2-1-3-18(19)14-26-11-9-25(10-12-26)13-16-5-7-17(8-6-16)20-21-23-24-22-20/h1-8,27H,9-15H2,(H,21,22,23,24). The molecule has 2 N–H and O–H groups in total. The first-order valence-electron chi connectivity index (χ1n) is 9.27. The van der Waals surface area contributed by atoms with Crippen molar-refractivity contribution in [2.24, 2.45) is 0 Å². The van der Waals surface area contributed by atoms with Gasteiger partial charge in [0.05, 0.1) is 6.61 Å². The lowest BCUT2D eigenvalue weighted by Crippen LogP contribution is -2.45. The van der Waals surface area contributed by atoms with Gasteiger partial charge in [-0.05, 0) is 21.9 Å². The third-order valence-electron chi connectivity index (χ3n) is 5.11. The van der Waals surface area contributed by atoms with Gasteiger partial charge in [-0.15, -0.1) is 10.2 Å². The summed E-state index contributed by atoms with van der Waals surface area (Å²) in [5, 5.41) is 23.6. The Bertz CT molecular complexity index is 841. The zero-order chi connectivity index (χ0) is 18.5. The molecule has 3 aromatic rings. The van der Waals surface area contributed by atoms with Gasteiger partial charge in [0.15, 0.2) is 0 Å². The maximum Gasteiger partial charge on any atom is 0.204 e. The normalized spacial score (nSPS) is 15.9. The molecule has 1 fully saturated rings. The Balaban J connectivity index is 1.29. The highest BCUT2D eigenvalue weighted by molar-refractivity contribution is 5.54. The zero-order valence-electron chi connectivity index (χ0n) is 15.3. The highest BCUT2D eigenvalue weighted by Gasteiger charge is 2.18. The van der Waals surface area contributed by atoms with Crippen LogP contribution in [-0.4, -0.2) is 61.7 Å². The monoisotopic (exact) mass is 364 g/mol. The highest BCUT2D eigenvalue weighted by Crippen LogP contribution is 2.17. The van der Waals surface area contributed by atoms with Crippen LogP contribution in [0.1, 0.15) is 16.7 Å². The van der Waals surface area contributed by atoms with Crippen molar-refractivity contribution in [3.05, 3.63) is 65.2 Å². The van der Waals surface area contributed by atoms with Crippen LogP contribution in [0.3, 0.4) is 0 Å². The van der Waals surface area contributed by atoms with Crippen molar-refractivity contribution in [1.82, 2.24) is 30.4 Å². The molecule has 0 unspecified atom stereocenters. The predicted octanol–water partition coefficient (Wildman–Crippen LogP) is 1.68. The molecule has 0 radical (unpaired) electrons. The summed E-state index contributed by atoms with van der Waals surface area (Å²) in [5.41, 5.74) is 4.52. The van der Waals surface area contributed by atoms with E-state index in [0.717, 1.165) is 50.4 Å². The molecule has 140 valence electrons. The van der Waals surface area contributed by atoms with E-state index in [4.69, 9.17) is 0 Å². The van der Waals surface area contributed by atoms with Crippen LogP contribution < -0.4 is 0 Å². The van der Waals surface area contributed by atoms with E-state index >= 15 is 0 Å². The quantitative estimate of drug-likeness (QED) is 0.693. The molecule has 0 spiro atoms. The lowest BCUT2D eigenvalue weighted by Gasteiger charge is -2.35. The second-order valence-electron chi connectivity index (χ2n) is 6.91. The molecule has 1 saturated heterocycles. The number of piperazine rings is 1. The third kappa shape index (κ3) is 4.39. The summed E-state index contributed by atoms with van der Waals surface area (Å²) in [6, 6.07) is 16.5. The largest absolute Gasteiger partial charge is 0.392 e. The Morgan fingerprint density at radius 1 is 0.852 bits per heavy atom. The number of hydrogen-bond acceptors (Lipinski definition) is 6. The fraction of sp³-hybridized carbons (Fsp3) is 0.350. The second-order valence-corrected chi connectivity index (χ2v) is 6.91. The molecule has 27 heavy (non-hydrogen) atoms. The predicted molar refractivity (Wildman–Crippen MR) is 103 cm³/mol. The Kier molecular flexibility index (Phi) is 5.53. The minimum atomic E-state index is 0.107. The maximum absolute atomic E-state index is 9.49. The minimum Gasteiger partial charge on any atom is -0.392 e. The van der Waals surface area contributed by atoms with E-state index < -0.39 is 0 Å². The first-order chi connectivity index (χ1) is 13.3. The Labute approximate surface area is 158 Å². The Morgan fingerprint density at radius 3 is 2.15 bits per heavy atom. The number of nitrogens with zero attached hydrogens (tertiary/aromatic N) is 5. The van der Waals surface area contributed by atoms with Gasteiger partial charge in [0.2, 0.25) is 5.82 Å². The molecule has 0 saturated carbocycles. The average molecular weight is 364 g/mol. The molecular weight excluding hydrogens is 340 g/mol. The van der Waals surface area contributed by atoms with Gasteiger partial charge in [-0.25, -0.2) is 0 Å². The summed E-state index contributed by atoms with van der Waals surface area (Å²) >= 11 is 0. The lowest BCUT2D eigenvalue weighted by atomic mass is 10.1. The molecule has 7 heteroatoms. The summed E-state index contributed by atoms with van der Waals surface area (Å²) < 4.78 is 0. The van der Waals surface area contributed by atoms with Crippen LogP contribution in [0, 0.1) is 0 Å². The third-order valence-corrected chi connectivity index (χ3v) is 5.11. The number of aromatic amines is 1. The van der Waals surface area contributed by atoms with E-state index in [2.05, 4.69) is 48.6 Å². The van der Waals surface area contributed by atoms with Crippen LogP contribution >= 0.6 is 0 Å². The van der Waals surface area contributed by atoms with Gasteiger partial charge in [-0.1, -0.05) is 48.5 Å². The van der Waals surface area contributed by atoms with Gasteiger partial charge in [0.1, 0.15) is 0 Å². The fourth-order valence-corrected chi connectivity index (χ4v) is 3.51. The van der Waals surface area contributed by atoms with E-state index in [0.29, 0.717) is 5.82 Å². The topological polar surface area (TPSA) is 81.2 Å². The van der Waals surface area contributed by atoms with Crippen molar-refractivity contribution in [2.45, 2.75) is 19.7 Å². The van der Waals surface area contributed by atoms with Gasteiger partial charge in [0, 0.05) is 44.8 Å². The lowest BCUT2D eigenvalue weighted by molar-refractivity contribution is 0.121. The number of H-pyrrole nitrogens is 1. The molecule has 1 aliphatic heterocycles. The average Bonchev–Trinajstić information content (AvgIpc) is 3.25. The molecule has 2 heterocycles. The first-order valence-corrected chi connectivity index (χ1v) is 9.27. The molecular formula is C20H24N6O. The van der Waals surface area contributed by atoms with Gasteiger partial charge in [-0.2, -0.15) is 5.21 Å². The van der Waals surface area contributed by atoms with Gasteiger partial charge < -0.3 is 5.11 Å². The number of tetrazole rings is 1. The van der Waals surface area contributed by atoms with Crippen molar-refractivity contribution < 1.29 is 5.11 Å².